The minimum absolute atomic E-state index is 0.0233. The first-order chi connectivity index (χ1) is 43.6. The average molecular weight is 1420 g/mol. The molecule has 0 atom stereocenters. The fraction of sp³-hybridized carbons (Fsp3) is 0.323. The molecule has 8 aromatic rings. The second-order valence-electron chi connectivity index (χ2n) is 21.6. The molecule has 6 aromatic carbocycles. The summed E-state index contributed by atoms with van der Waals surface area (Å²) < 4.78 is 125. The Morgan fingerprint density at radius 1 is 0.500 bits per heavy atom. The highest BCUT2D eigenvalue weighted by Crippen LogP contribution is 2.37. The Balaban J connectivity index is 0.000000188. The summed E-state index contributed by atoms with van der Waals surface area (Å²) in [5.41, 5.74) is 11.6. The fourth-order valence-electron chi connectivity index (χ4n) is 10.2. The van der Waals surface area contributed by atoms with E-state index in [0.29, 0.717) is 77.9 Å². The summed E-state index contributed by atoms with van der Waals surface area (Å²) in [6.45, 7) is 10.7. The molecule has 4 heterocycles. The summed E-state index contributed by atoms with van der Waals surface area (Å²) in [5.74, 6) is -0.242. The van der Waals surface area contributed by atoms with Crippen molar-refractivity contribution in [3.63, 3.8) is 0 Å². The van der Waals surface area contributed by atoms with Crippen LogP contribution in [0.5, 0.6) is 11.5 Å². The number of nitrogens with one attached hydrogen (secondary N) is 2. The number of carbonyl (C=O) groups excluding carboxylic acids is 2. The lowest BCUT2D eigenvalue weighted by Gasteiger charge is -2.26. The minimum atomic E-state index is -4.47. The van der Waals surface area contributed by atoms with Crippen LogP contribution in [0.15, 0.2) is 131 Å². The summed E-state index contributed by atoms with van der Waals surface area (Å²) in [6.07, 6.45) is 8.99. The van der Waals surface area contributed by atoms with Gasteiger partial charge in [0.15, 0.2) is 11.4 Å². The Morgan fingerprint density at radius 3 is 1.16 bits per heavy atom. The average Bonchev–Trinajstić information content (AvgIpc) is 1.47. The zero-order valence-corrected chi connectivity index (χ0v) is 56.8. The number of fused-ring (bicyclic) bond motifs is 1. The van der Waals surface area contributed by atoms with E-state index in [9.17, 15) is 43.3 Å². The topological polar surface area (TPSA) is 296 Å². The van der Waals surface area contributed by atoms with Gasteiger partial charge in [-0.1, -0.05) is 110 Å². The van der Waals surface area contributed by atoms with E-state index in [4.69, 9.17) is 63.9 Å². The van der Waals surface area contributed by atoms with E-state index in [2.05, 4.69) is 21.0 Å². The van der Waals surface area contributed by atoms with E-state index < -0.39 is 50.3 Å². The Hall–Kier alpha value is -6.66. The van der Waals surface area contributed by atoms with Crippen LogP contribution in [0, 0.1) is 13.8 Å². The molecule has 92 heavy (non-hydrogen) atoms. The molecule has 0 spiro atoms. The number of hydrogen-bond acceptors (Lipinski definition) is 16. The van der Waals surface area contributed by atoms with E-state index in [1.165, 1.54) is 24.3 Å². The first kappa shape index (κ1) is 71.2. The molecule has 0 radical (unpaired) electrons. The van der Waals surface area contributed by atoms with Crippen LogP contribution in [0.1, 0.15) is 110 Å². The predicted molar refractivity (Wildman–Crippen MR) is 356 cm³/mol. The van der Waals surface area contributed by atoms with Gasteiger partial charge in [0, 0.05) is 69.3 Å². The molecule has 0 saturated carbocycles. The second kappa shape index (κ2) is 31.1. The number of rotatable bonds is 20. The first-order valence-corrected chi connectivity index (χ1v) is 36.9. The van der Waals surface area contributed by atoms with Gasteiger partial charge in [0.05, 0.1) is 44.3 Å². The third kappa shape index (κ3) is 18.4. The minimum Gasteiger partial charge on any atom is -0.382 e. The first-order valence-electron chi connectivity index (χ1n) is 29.3. The molecule has 492 valence electrons. The zero-order chi connectivity index (χ0) is 66.7. The summed E-state index contributed by atoms with van der Waals surface area (Å²) >= 11 is 25.3. The fourth-order valence-corrected chi connectivity index (χ4v) is 14.9. The second-order valence-corrected chi connectivity index (χ2v) is 29.5. The number of nitrogens with zero attached hydrogens (tertiary/aromatic N) is 6. The predicted octanol–water partition coefficient (Wildman–Crippen LogP) is 12.9. The van der Waals surface area contributed by atoms with Gasteiger partial charge in [-0.15, -0.1) is 0 Å². The summed E-state index contributed by atoms with van der Waals surface area (Å²) in [6, 6.07) is 31.0. The van der Waals surface area contributed by atoms with Gasteiger partial charge in [0.1, 0.15) is 21.3 Å². The summed E-state index contributed by atoms with van der Waals surface area (Å²) in [7, 11) is -16.3. The van der Waals surface area contributed by atoms with Crippen LogP contribution in [-0.4, -0.2) is 122 Å². The molecule has 30 heteroatoms. The van der Waals surface area contributed by atoms with Crippen LogP contribution in [0.3, 0.4) is 0 Å². The van der Waals surface area contributed by atoms with Crippen LogP contribution < -0.4 is 19.2 Å². The van der Waals surface area contributed by atoms with Crippen molar-refractivity contribution in [2.75, 3.05) is 37.7 Å². The normalized spacial score (nSPS) is 14.2. The Kier molecular flexibility index (Phi) is 24.0. The molecule has 2 fully saturated rings. The van der Waals surface area contributed by atoms with Crippen molar-refractivity contribution in [2.45, 2.75) is 102 Å². The van der Waals surface area contributed by atoms with Crippen LogP contribution in [0.2, 0.25) is 20.1 Å². The number of halogens is 4. The lowest BCUT2D eigenvalue weighted by Crippen LogP contribution is -2.45. The Morgan fingerprint density at radius 2 is 0.848 bits per heavy atom. The lowest BCUT2D eigenvalue weighted by atomic mass is 10.1. The highest BCUT2D eigenvalue weighted by Gasteiger charge is 2.28. The number of benzene rings is 6. The molecule has 2 aliphatic heterocycles. The molecular weight excluding hydrogens is 1350 g/mol. The van der Waals surface area contributed by atoms with Crippen LogP contribution >= 0.6 is 46.4 Å². The number of piperidine rings is 2. The number of unbranched alkanes of at least 4 members (excludes halogenated alkanes) is 2. The van der Waals surface area contributed by atoms with Crippen molar-refractivity contribution in [1.29, 1.82) is 0 Å². The SMILES string of the molecule is CCCCS(=O)(=O)Oc1ccc(-c2c(C)c(C(=O)NN3CCCCC3)nn2-c2ccc(Cl)cc2Cl)cc1.CCCCS(=O)(=O)Oc1ccc(-c2c(C)c(C(=O)NN3CCCCC3)nn2-c2ccc(Cl)cc2Cl)cc1.O=S(=O)(O)c1cccc2c(S(=O)(=O)O)cccc12. The number of hydrogen-bond donors (Lipinski definition) is 4. The van der Waals surface area contributed by atoms with Crippen molar-refractivity contribution in [1.82, 2.24) is 40.4 Å². The van der Waals surface area contributed by atoms with Crippen molar-refractivity contribution in [2.24, 2.45) is 0 Å². The van der Waals surface area contributed by atoms with E-state index >= 15 is 0 Å². The summed E-state index contributed by atoms with van der Waals surface area (Å²) in [5, 5.41) is 14.9. The van der Waals surface area contributed by atoms with E-state index in [1.807, 2.05) is 37.7 Å². The third-order valence-electron chi connectivity index (χ3n) is 14.8. The summed E-state index contributed by atoms with van der Waals surface area (Å²) in [4.78, 5) is 25.6. The van der Waals surface area contributed by atoms with Gasteiger partial charge in [-0.25, -0.2) is 19.4 Å². The molecule has 2 saturated heterocycles. The van der Waals surface area contributed by atoms with Gasteiger partial charge in [-0.3, -0.25) is 29.5 Å². The van der Waals surface area contributed by atoms with Gasteiger partial charge >= 0.3 is 20.2 Å². The van der Waals surface area contributed by atoms with Crippen LogP contribution in [-0.2, 0) is 40.5 Å². The molecule has 2 aliphatic rings. The van der Waals surface area contributed by atoms with Crippen molar-refractivity contribution >= 4 is 109 Å². The van der Waals surface area contributed by atoms with E-state index in [-0.39, 0.29) is 57.0 Å². The van der Waals surface area contributed by atoms with Gasteiger partial charge in [0.2, 0.25) is 0 Å². The van der Waals surface area contributed by atoms with Gasteiger partial charge in [-0.05, 0) is 149 Å². The molecule has 0 aliphatic carbocycles. The maximum absolute atomic E-state index is 13.2. The number of hydrazine groups is 2. The molecule has 10 rings (SSSR count). The molecule has 2 aromatic heterocycles. The number of aromatic nitrogens is 4. The Bertz CT molecular complexity index is 4170. The molecule has 0 bridgehead atoms. The van der Waals surface area contributed by atoms with Crippen molar-refractivity contribution in [3.05, 3.63) is 164 Å². The van der Waals surface area contributed by atoms with Gasteiger partial charge in [0.25, 0.3) is 32.1 Å². The standard InChI is InChI=1S/2C26H30Cl2N4O4S.C10H8O6S2/c2*1-3-4-16-37(34,35)36-21-11-8-19(9-12-21)25-18(2)24(26(33)30-31-14-6-5-7-15-31)29-32(25)23-13-10-20(27)17-22(23)28;11-17(12,13)9-5-1-3-7-8(9)4-2-6-10(7)18(14,15)16/h2*8-13,17H,3-7,14-16H2,1-2H3,(H,30,33);1-6H,(H,11,12,13)(H,14,15,16). The number of carbonyl (C=O) groups is 2. The van der Waals surface area contributed by atoms with Gasteiger partial charge < -0.3 is 8.37 Å². The van der Waals surface area contributed by atoms with E-state index in [1.54, 1.807) is 94.3 Å². The third-order valence-corrected chi connectivity index (χ3v) is 20.1. The largest absolute Gasteiger partial charge is 0.382 e. The molecule has 22 nitrogen and oxygen atoms in total. The zero-order valence-electron chi connectivity index (χ0n) is 50.5. The highest BCUT2D eigenvalue weighted by atomic mass is 35.5. The number of amides is 2. The van der Waals surface area contributed by atoms with Crippen LogP contribution in [0.4, 0.5) is 0 Å². The molecular formula is C62H68Cl4N8O14S4. The smallest absolute Gasteiger partial charge is 0.309 e. The molecule has 0 unspecified atom stereocenters. The highest BCUT2D eigenvalue weighted by molar-refractivity contribution is 7.87. The van der Waals surface area contributed by atoms with Crippen LogP contribution in [0.25, 0.3) is 44.7 Å². The quantitative estimate of drug-likeness (QED) is 0.0407. The maximum Gasteiger partial charge on any atom is 0.309 e. The maximum atomic E-state index is 13.2. The van der Waals surface area contributed by atoms with Crippen molar-refractivity contribution in [3.8, 4) is 45.4 Å². The van der Waals surface area contributed by atoms with Gasteiger partial charge in [-0.2, -0.15) is 43.9 Å². The Labute approximate surface area is 555 Å². The van der Waals surface area contributed by atoms with Crippen molar-refractivity contribution < 1.29 is 60.7 Å². The lowest BCUT2D eigenvalue weighted by molar-refractivity contribution is 0.0736. The molecule has 2 amide bonds. The monoisotopic (exact) mass is 1420 g/mol. The van der Waals surface area contributed by atoms with E-state index in [0.717, 1.165) is 89.7 Å². The molecule has 4 N–H and O–H groups in total.